The molecule has 3 aliphatic rings. The number of amides is 2. The second-order valence-electron chi connectivity index (χ2n) is 8.81. The van der Waals surface area contributed by atoms with Crippen molar-refractivity contribution in [3.8, 4) is 11.5 Å². The average molecular weight is 457 g/mol. The van der Waals surface area contributed by atoms with Gasteiger partial charge in [0, 0.05) is 50.7 Å². The monoisotopic (exact) mass is 456 g/mol. The Morgan fingerprint density at radius 1 is 1.00 bits per heavy atom. The van der Waals surface area contributed by atoms with E-state index in [4.69, 9.17) is 24.9 Å². The number of nitrogens with two attached hydrogens (primary N) is 1. The number of anilines is 2. The van der Waals surface area contributed by atoms with E-state index in [1.807, 2.05) is 21.9 Å². The summed E-state index contributed by atoms with van der Waals surface area (Å²) in [5.74, 6) is 2.33. The van der Waals surface area contributed by atoms with Crippen molar-refractivity contribution in [1.29, 1.82) is 0 Å². The molecule has 0 radical (unpaired) electrons. The van der Waals surface area contributed by atoms with E-state index in [0.717, 1.165) is 36.7 Å². The highest BCUT2D eigenvalue weighted by Gasteiger charge is 2.26. The highest BCUT2D eigenvalue weighted by Crippen LogP contribution is 2.37. The number of hydrogen-bond acceptors (Lipinski definition) is 8. The van der Waals surface area contributed by atoms with E-state index in [2.05, 4.69) is 9.88 Å². The summed E-state index contributed by atoms with van der Waals surface area (Å²) >= 11 is 0. The highest BCUT2D eigenvalue weighted by molar-refractivity contribution is 5.91. The van der Waals surface area contributed by atoms with Gasteiger partial charge in [-0.2, -0.15) is 4.98 Å². The van der Waals surface area contributed by atoms with Crippen LogP contribution < -0.4 is 20.1 Å². The maximum Gasteiger partial charge on any atom is 0.320 e. The number of aromatic nitrogens is 2. The van der Waals surface area contributed by atoms with Crippen molar-refractivity contribution in [3.05, 3.63) is 12.1 Å². The second-order valence-corrected chi connectivity index (χ2v) is 8.81. The summed E-state index contributed by atoms with van der Waals surface area (Å²) in [5, 5.41) is 0.757. The van der Waals surface area contributed by atoms with Crippen molar-refractivity contribution in [2.75, 3.05) is 70.2 Å². The van der Waals surface area contributed by atoms with Crippen molar-refractivity contribution in [2.45, 2.75) is 31.8 Å². The number of carbonyl (C=O) groups is 1. The van der Waals surface area contributed by atoms with E-state index in [-0.39, 0.29) is 12.1 Å². The molecular formula is C23H32N6O4. The van der Waals surface area contributed by atoms with Gasteiger partial charge in [0.15, 0.2) is 11.5 Å². The first-order valence-corrected chi connectivity index (χ1v) is 11.8. The van der Waals surface area contributed by atoms with Gasteiger partial charge in [-0.05, 0) is 31.7 Å². The number of ether oxygens (including phenoxy) is 3. The third kappa shape index (κ3) is 4.57. The molecule has 1 aromatic heterocycles. The molecule has 3 fully saturated rings. The van der Waals surface area contributed by atoms with Crippen LogP contribution in [-0.2, 0) is 4.74 Å². The first-order chi connectivity index (χ1) is 16.1. The van der Waals surface area contributed by atoms with Crippen LogP contribution in [0.1, 0.15) is 25.7 Å². The smallest absolute Gasteiger partial charge is 0.320 e. The van der Waals surface area contributed by atoms with Crippen LogP contribution in [-0.4, -0.2) is 91.5 Å². The molecule has 5 rings (SSSR count). The van der Waals surface area contributed by atoms with Gasteiger partial charge < -0.3 is 34.6 Å². The second kappa shape index (κ2) is 9.46. The lowest BCUT2D eigenvalue weighted by Gasteiger charge is -2.32. The van der Waals surface area contributed by atoms with Crippen LogP contribution in [0.4, 0.5) is 16.6 Å². The Balaban J connectivity index is 1.33. The number of urea groups is 1. The first-order valence-electron chi connectivity index (χ1n) is 11.8. The minimum Gasteiger partial charge on any atom is -0.493 e. The van der Waals surface area contributed by atoms with E-state index in [0.29, 0.717) is 69.2 Å². The molecule has 1 saturated carbocycles. The zero-order valence-corrected chi connectivity index (χ0v) is 19.2. The molecular weight excluding hydrogens is 424 g/mol. The van der Waals surface area contributed by atoms with Gasteiger partial charge in [-0.1, -0.05) is 0 Å². The lowest BCUT2D eigenvalue weighted by molar-refractivity contribution is 0.0438. The minimum absolute atomic E-state index is 0.0859. The molecule has 10 nitrogen and oxygen atoms in total. The molecule has 178 valence electrons. The van der Waals surface area contributed by atoms with Gasteiger partial charge in [-0.25, -0.2) is 9.78 Å². The van der Waals surface area contributed by atoms with Gasteiger partial charge in [0.05, 0.1) is 31.9 Å². The molecule has 0 bridgehead atoms. The number of carbonyl (C=O) groups excluding carboxylic acids is 1. The maximum absolute atomic E-state index is 12.9. The van der Waals surface area contributed by atoms with Crippen molar-refractivity contribution >= 4 is 28.7 Å². The summed E-state index contributed by atoms with van der Waals surface area (Å²) in [6.45, 7) is 5.26. The molecule has 10 heteroatoms. The molecule has 1 aromatic carbocycles. The predicted octanol–water partition coefficient (Wildman–Crippen LogP) is 2.12. The number of methoxy groups -OCH3 is 1. The van der Waals surface area contributed by atoms with E-state index in [9.17, 15) is 4.79 Å². The zero-order chi connectivity index (χ0) is 22.8. The van der Waals surface area contributed by atoms with Crippen LogP contribution in [0, 0.1) is 0 Å². The standard InChI is InChI=1S/C23H32N6O4/c1-31-19-15-18-17(14-20(19)33-16-4-2-5-16)21(24)26-22(25-18)27-6-3-7-28(9-8-27)23(30)29-10-12-32-13-11-29/h14-16H,2-13H2,1H3,(H2,24,25,26). The van der Waals surface area contributed by atoms with Crippen molar-refractivity contribution in [3.63, 3.8) is 0 Å². The molecule has 2 saturated heterocycles. The predicted molar refractivity (Wildman–Crippen MR) is 125 cm³/mol. The van der Waals surface area contributed by atoms with Crippen LogP contribution in [0.25, 0.3) is 10.9 Å². The fourth-order valence-electron chi connectivity index (χ4n) is 4.47. The Morgan fingerprint density at radius 3 is 2.52 bits per heavy atom. The zero-order valence-electron chi connectivity index (χ0n) is 19.2. The number of rotatable bonds is 4. The largest absolute Gasteiger partial charge is 0.493 e. The Hall–Kier alpha value is -3.01. The number of hydrogen-bond donors (Lipinski definition) is 1. The number of nitrogen functional groups attached to an aromatic ring is 1. The van der Waals surface area contributed by atoms with Gasteiger partial charge in [0.25, 0.3) is 0 Å². The summed E-state index contributed by atoms with van der Waals surface area (Å²) in [4.78, 5) is 28.2. The van der Waals surface area contributed by atoms with Crippen LogP contribution in [0.3, 0.4) is 0 Å². The molecule has 2 aliphatic heterocycles. The molecule has 0 atom stereocenters. The van der Waals surface area contributed by atoms with Crippen LogP contribution >= 0.6 is 0 Å². The molecule has 2 aromatic rings. The summed E-state index contributed by atoms with van der Waals surface area (Å²) in [7, 11) is 1.63. The van der Waals surface area contributed by atoms with E-state index >= 15 is 0 Å². The van der Waals surface area contributed by atoms with Crippen molar-refractivity contribution in [1.82, 2.24) is 19.8 Å². The van der Waals surface area contributed by atoms with Gasteiger partial charge in [0.2, 0.25) is 5.95 Å². The molecule has 3 heterocycles. The quantitative estimate of drug-likeness (QED) is 0.746. The average Bonchev–Trinajstić information content (AvgIpc) is 3.07. The molecule has 33 heavy (non-hydrogen) atoms. The molecule has 2 amide bonds. The molecule has 0 unspecified atom stereocenters. The normalized spacial score (nSPS) is 19.8. The summed E-state index contributed by atoms with van der Waals surface area (Å²) in [6, 6.07) is 3.84. The SMILES string of the molecule is COc1cc2nc(N3CCCN(C(=O)N4CCOCC4)CC3)nc(N)c2cc1OC1CCC1. The van der Waals surface area contributed by atoms with Gasteiger partial charge in [0.1, 0.15) is 5.82 Å². The lowest BCUT2D eigenvalue weighted by Crippen LogP contribution is -2.49. The Bertz CT molecular complexity index is 1010. The molecule has 0 spiro atoms. The highest BCUT2D eigenvalue weighted by atomic mass is 16.5. The fraction of sp³-hybridized carbons (Fsp3) is 0.609. The summed E-state index contributed by atoms with van der Waals surface area (Å²) < 4.78 is 17.0. The fourth-order valence-corrected chi connectivity index (χ4v) is 4.47. The number of benzene rings is 1. The lowest BCUT2D eigenvalue weighted by atomic mass is 9.96. The van der Waals surface area contributed by atoms with Crippen molar-refractivity contribution < 1.29 is 19.0 Å². The summed E-state index contributed by atoms with van der Waals surface area (Å²) in [6.07, 6.45) is 4.39. The van der Waals surface area contributed by atoms with Crippen molar-refractivity contribution in [2.24, 2.45) is 0 Å². The van der Waals surface area contributed by atoms with E-state index in [1.165, 1.54) is 6.42 Å². The van der Waals surface area contributed by atoms with Gasteiger partial charge in [-0.15, -0.1) is 0 Å². The third-order valence-corrected chi connectivity index (χ3v) is 6.68. The number of morpholine rings is 1. The number of nitrogens with zero attached hydrogens (tertiary/aromatic N) is 5. The van der Waals surface area contributed by atoms with Crippen LogP contribution in [0.2, 0.25) is 0 Å². The molecule has 2 N–H and O–H groups in total. The summed E-state index contributed by atoms with van der Waals surface area (Å²) in [5.41, 5.74) is 7.08. The Labute approximate surface area is 193 Å². The molecule has 1 aliphatic carbocycles. The Morgan fingerprint density at radius 2 is 1.79 bits per heavy atom. The van der Waals surface area contributed by atoms with E-state index < -0.39 is 0 Å². The van der Waals surface area contributed by atoms with Gasteiger partial charge >= 0.3 is 6.03 Å². The maximum atomic E-state index is 12.9. The van der Waals surface area contributed by atoms with Crippen LogP contribution in [0.5, 0.6) is 11.5 Å². The first kappa shape index (κ1) is 21.8. The van der Waals surface area contributed by atoms with Crippen LogP contribution in [0.15, 0.2) is 12.1 Å². The number of fused-ring (bicyclic) bond motifs is 1. The third-order valence-electron chi connectivity index (χ3n) is 6.68. The minimum atomic E-state index is 0.0859. The topological polar surface area (TPSA) is 106 Å². The Kier molecular flexibility index (Phi) is 6.26. The van der Waals surface area contributed by atoms with E-state index in [1.54, 1.807) is 7.11 Å². The van der Waals surface area contributed by atoms with Gasteiger partial charge in [-0.3, -0.25) is 0 Å².